The normalized spacial score (nSPS) is 12.1. The summed E-state index contributed by atoms with van der Waals surface area (Å²) >= 11 is 0. The molecule has 0 radical (unpaired) electrons. The van der Waals surface area contributed by atoms with Crippen molar-refractivity contribution in [2.45, 2.75) is 19.9 Å². The van der Waals surface area contributed by atoms with Gasteiger partial charge in [0.1, 0.15) is 11.9 Å². The molecule has 17 heavy (non-hydrogen) atoms. The van der Waals surface area contributed by atoms with E-state index in [4.69, 9.17) is 10.6 Å². The SMILES string of the molecule is COC(=O)C(Nc1ccnc(NN)c1)C(C)C. The highest BCUT2D eigenvalue weighted by atomic mass is 16.5. The lowest BCUT2D eigenvalue weighted by Gasteiger charge is -2.21. The molecule has 0 fully saturated rings. The molecule has 1 aromatic heterocycles. The number of aromatic nitrogens is 1. The number of methoxy groups -OCH3 is 1. The second kappa shape index (κ2) is 6.05. The lowest BCUT2D eigenvalue weighted by Crippen LogP contribution is -2.35. The molecule has 1 unspecified atom stereocenters. The number of nitrogens with one attached hydrogen (secondary N) is 2. The van der Waals surface area contributed by atoms with Gasteiger partial charge >= 0.3 is 5.97 Å². The van der Waals surface area contributed by atoms with Crippen molar-refractivity contribution in [2.24, 2.45) is 11.8 Å². The van der Waals surface area contributed by atoms with Crippen molar-refractivity contribution in [1.29, 1.82) is 0 Å². The third-order valence-corrected chi connectivity index (χ3v) is 2.35. The second-order valence-corrected chi connectivity index (χ2v) is 3.96. The van der Waals surface area contributed by atoms with Crippen LogP contribution >= 0.6 is 0 Å². The molecule has 0 bridgehead atoms. The quantitative estimate of drug-likeness (QED) is 0.402. The minimum Gasteiger partial charge on any atom is -0.467 e. The first-order valence-corrected chi connectivity index (χ1v) is 5.35. The Balaban J connectivity index is 2.82. The fraction of sp³-hybridized carbons (Fsp3) is 0.455. The third kappa shape index (κ3) is 3.60. The highest BCUT2D eigenvalue weighted by molar-refractivity contribution is 5.79. The van der Waals surface area contributed by atoms with Crippen LogP contribution in [0.2, 0.25) is 0 Å². The Morgan fingerprint density at radius 1 is 1.53 bits per heavy atom. The van der Waals surface area contributed by atoms with Gasteiger partial charge in [-0.25, -0.2) is 15.6 Å². The Bertz CT molecular complexity index is 381. The molecule has 1 aromatic rings. The fourth-order valence-corrected chi connectivity index (χ4v) is 1.40. The Morgan fingerprint density at radius 3 is 2.76 bits per heavy atom. The summed E-state index contributed by atoms with van der Waals surface area (Å²) in [7, 11) is 1.37. The second-order valence-electron chi connectivity index (χ2n) is 3.96. The van der Waals surface area contributed by atoms with E-state index >= 15 is 0 Å². The lowest BCUT2D eigenvalue weighted by molar-refractivity contribution is -0.142. The molecule has 1 atom stereocenters. The summed E-state index contributed by atoms with van der Waals surface area (Å²) in [5, 5.41) is 3.09. The van der Waals surface area contributed by atoms with Crippen molar-refractivity contribution >= 4 is 17.5 Å². The van der Waals surface area contributed by atoms with Gasteiger partial charge in [0, 0.05) is 18.0 Å². The maximum atomic E-state index is 11.6. The van der Waals surface area contributed by atoms with E-state index in [1.54, 1.807) is 18.3 Å². The van der Waals surface area contributed by atoms with Crippen LogP contribution in [0, 0.1) is 5.92 Å². The Hall–Kier alpha value is -1.82. The maximum Gasteiger partial charge on any atom is 0.328 e. The van der Waals surface area contributed by atoms with E-state index in [0.29, 0.717) is 5.82 Å². The van der Waals surface area contributed by atoms with Gasteiger partial charge in [-0.1, -0.05) is 13.8 Å². The molecule has 0 saturated heterocycles. The van der Waals surface area contributed by atoms with Gasteiger partial charge in [0.05, 0.1) is 7.11 Å². The van der Waals surface area contributed by atoms with E-state index in [9.17, 15) is 4.79 Å². The van der Waals surface area contributed by atoms with Crippen molar-refractivity contribution in [2.75, 3.05) is 17.9 Å². The number of pyridine rings is 1. The number of hydrogen-bond donors (Lipinski definition) is 3. The van der Waals surface area contributed by atoms with Crippen LogP contribution in [-0.2, 0) is 9.53 Å². The van der Waals surface area contributed by atoms with Crippen molar-refractivity contribution in [3.8, 4) is 0 Å². The number of hydrazine groups is 1. The Labute approximate surface area is 101 Å². The average molecular weight is 238 g/mol. The van der Waals surface area contributed by atoms with Crippen LogP contribution in [-0.4, -0.2) is 24.1 Å². The molecule has 0 aliphatic carbocycles. The number of nitrogen functional groups attached to an aromatic ring is 1. The number of hydrogen-bond acceptors (Lipinski definition) is 6. The summed E-state index contributed by atoms with van der Waals surface area (Å²) < 4.78 is 4.75. The van der Waals surface area contributed by atoms with E-state index < -0.39 is 6.04 Å². The molecule has 6 nitrogen and oxygen atoms in total. The number of anilines is 2. The molecule has 0 saturated carbocycles. The van der Waals surface area contributed by atoms with Crippen LogP contribution in [0.3, 0.4) is 0 Å². The first kappa shape index (κ1) is 13.2. The molecule has 94 valence electrons. The summed E-state index contributed by atoms with van der Waals surface area (Å²) in [5.74, 6) is 5.62. The zero-order chi connectivity index (χ0) is 12.8. The first-order chi connectivity index (χ1) is 8.08. The molecule has 4 N–H and O–H groups in total. The summed E-state index contributed by atoms with van der Waals surface area (Å²) in [4.78, 5) is 15.6. The Morgan fingerprint density at radius 2 is 2.24 bits per heavy atom. The number of nitrogens with zero attached hydrogens (tertiary/aromatic N) is 1. The number of esters is 1. The fourth-order valence-electron chi connectivity index (χ4n) is 1.40. The van der Waals surface area contributed by atoms with Gasteiger partial charge in [-0.2, -0.15) is 0 Å². The van der Waals surface area contributed by atoms with Crippen molar-refractivity contribution in [3.63, 3.8) is 0 Å². The predicted molar refractivity (Wildman–Crippen MR) is 66.3 cm³/mol. The van der Waals surface area contributed by atoms with E-state index in [-0.39, 0.29) is 11.9 Å². The monoisotopic (exact) mass is 238 g/mol. The highest BCUT2D eigenvalue weighted by Gasteiger charge is 2.22. The van der Waals surface area contributed by atoms with Crippen LogP contribution in [0.5, 0.6) is 0 Å². The van der Waals surface area contributed by atoms with Crippen LogP contribution in [0.4, 0.5) is 11.5 Å². The van der Waals surface area contributed by atoms with E-state index in [1.165, 1.54) is 7.11 Å². The smallest absolute Gasteiger partial charge is 0.328 e. The van der Waals surface area contributed by atoms with E-state index in [1.807, 2.05) is 13.8 Å². The summed E-state index contributed by atoms with van der Waals surface area (Å²) in [6, 6.07) is 3.09. The molecule has 6 heteroatoms. The molecule has 0 amide bonds. The number of carbonyl (C=O) groups is 1. The molecular weight excluding hydrogens is 220 g/mol. The average Bonchev–Trinajstić information content (AvgIpc) is 2.35. The topological polar surface area (TPSA) is 89.3 Å². The maximum absolute atomic E-state index is 11.6. The number of ether oxygens (including phenoxy) is 1. The van der Waals surface area contributed by atoms with Gasteiger partial charge in [-0.15, -0.1) is 0 Å². The molecule has 0 spiro atoms. The lowest BCUT2D eigenvalue weighted by atomic mass is 10.0. The minimum absolute atomic E-state index is 0.116. The first-order valence-electron chi connectivity index (χ1n) is 5.35. The van der Waals surface area contributed by atoms with Gasteiger partial charge in [-0.3, -0.25) is 0 Å². The summed E-state index contributed by atoms with van der Waals surface area (Å²) in [6.07, 6.45) is 1.60. The van der Waals surface area contributed by atoms with Crippen LogP contribution < -0.4 is 16.6 Å². The van der Waals surface area contributed by atoms with E-state index in [2.05, 4.69) is 15.7 Å². The molecule has 0 aliphatic rings. The zero-order valence-electron chi connectivity index (χ0n) is 10.2. The molecule has 0 aliphatic heterocycles. The highest BCUT2D eigenvalue weighted by Crippen LogP contribution is 2.15. The van der Waals surface area contributed by atoms with E-state index in [0.717, 1.165) is 5.69 Å². The summed E-state index contributed by atoms with van der Waals surface area (Å²) in [6.45, 7) is 3.88. The summed E-state index contributed by atoms with van der Waals surface area (Å²) in [5.41, 5.74) is 3.21. The van der Waals surface area contributed by atoms with Gasteiger partial charge < -0.3 is 15.5 Å². The number of carbonyl (C=O) groups excluding carboxylic acids is 1. The van der Waals surface area contributed by atoms with Crippen LogP contribution in [0.25, 0.3) is 0 Å². The van der Waals surface area contributed by atoms with Gasteiger partial charge in [0.25, 0.3) is 0 Å². The molecular formula is C11H18N4O2. The standard InChI is InChI=1S/C11H18N4O2/c1-7(2)10(11(16)17-3)14-8-4-5-13-9(6-8)15-12/h4-7,10H,12H2,1-3H3,(H2,13,14,15). The third-order valence-electron chi connectivity index (χ3n) is 2.35. The number of rotatable bonds is 5. The largest absolute Gasteiger partial charge is 0.467 e. The van der Waals surface area contributed by atoms with Crippen LogP contribution in [0.1, 0.15) is 13.8 Å². The van der Waals surface area contributed by atoms with Crippen molar-refractivity contribution < 1.29 is 9.53 Å². The van der Waals surface area contributed by atoms with Crippen molar-refractivity contribution in [1.82, 2.24) is 4.98 Å². The van der Waals surface area contributed by atoms with Gasteiger partial charge in [0.2, 0.25) is 0 Å². The molecule has 1 heterocycles. The molecule has 1 rings (SSSR count). The van der Waals surface area contributed by atoms with Gasteiger partial charge in [-0.05, 0) is 12.0 Å². The van der Waals surface area contributed by atoms with Gasteiger partial charge in [0.15, 0.2) is 0 Å². The zero-order valence-corrected chi connectivity index (χ0v) is 10.2. The minimum atomic E-state index is -0.395. The number of nitrogens with two attached hydrogens (primary N) is 1. The van der Waals surface area contributed by atoms with Crippen LogP contribution in [0.15, 0.2) is 18.3 Å². The van der Waals surface area contributed by atoms with Crippen molar-refractivity contribution in [3.05, 3.63) is 18.3 Å². The Kier molecular flexibility index (Phi) is 4.71. The predicted octanol–water partition coefficient (Wildman–Crippen LogP) is 0.977. The molecule has 0 aromatic carbocycles.